The number of aromatic nitrogens is 3. The highest BCUT2D eigenvalue weighted by molar-refractivity contribution is 7.87. The van der Waals surface area contributed by atoms with Crippen LogP contribution in [0.25, 0.3) is 44.4 Å². The molecule has 1 aromatic heterocycles. The maximum atomic E-state index is 12.8. The molecule has 8 aromatic rings. The first-order chi connectivity index (χ1) is 41.4. The van der Waals surface area contributed by atoms with Gasteiger partial charge in [0, 0.05) is 21.7 Å². The average molecular weight is 1330 g/mol. The van der Waals surface area contributed by atoms with Crippen molar-refractivity contribution < 1.29 is 82.9 Å². The van der Waals surface area contributed by atoms with Crippen LogP contribution in [-0.2, 0) is 67.1 Å². The molecule has 36 heteroatoms. The first-order valence-corrected chi connectivity index (χ1v) is 33.5. The van der Waals surface area contributed by atoms with E-state index in [1.165, 1.54) is 54.6 Å². The lowest BCUT2D eigenvalue weighted by Crippen LogP contribution is -2.05. The number of hydrogen-bond acceptors (Lipinski definition) is 23. The molecule has 0 aliphatic heterocycles. The van der Waals surface area contributed by atoms with Gasteiger partial charge in [-0.1, -0.05) is 30.4 Å². The highest BCUT2D eigenvalue weighted by atomic mass is 32.2. The number of aromatic hydroxyl groups is 1. The molecule has 0 atom stereocenters. The van der Waals surface area contributed by atoms with Crippen LogP contribution in [0.5, 0.6) is 5.75 Å². The van der Waals surface area contributed by atoms with Crippen LogP contribution in [-0.4, -0.2) is 104 Å². The van der Waals surface area contributed by atoms with E-state index >= 15 is 0 Å². The monoisotopic (exact) mass is 1330 g/mol. The number of rotatable bonds is 18. The van der Waals surface area contributed by atoms with Crippen LogP contribution >= 0.6 is 0 Å². The van der Waals surface area contributed by atoms with Gasteiger partial charge < -0.3 is 5.11 Å². The second kappa shape index (κ2) is 24.1. The van der Waals surface area contributed by atoms with Gasteiger partial charge in [-0.2, -0.15) is 86.0 Å². The maximum Gasteiger partial charge on any atom is 0.296 e. The third-order valence-electron chi connectivity index (χ3n) is 12.9. The standard InChI is InChI=1S/C53H43N11O19S6/c1-28(2)18-35(6-5-17-54-55-33-8-10-34(11-9-33)56-60-46-27-41-32(23-49(46)88(78,79)80)21-37(84(66,67)68)25-48(41)87(75,76)77)57-58-44-19-30(4)45(20-29(44)3)59-61-52-50(89(81,82)83)22-31-7-12-36(13-14-39(31)53(52)65)64-62-43-16-15-40-42(51(43)63-64)24-38(85(69,70)71)26-47(40)86(72,73)74/h5-6,8-16,18-27,65H,1,7,17H2,2-4H3,(H,66,67,68)(H,69,70,71)(H,72,73,74)(H,75,76,77)(H,78,79,80)(H,81,82,83)/b6-5-,35-18+,55-54?,58-57?,60-56?,61-59?. The zero-order valence-corrected chi connectivity index (χ0v) is 50.5. The van der Waals surface area contributed by atoms with Crippen molar-refractivity contribution in [3.63, 3.8) is 0 Å². The van der Waals surface area contributed by atoms with E-state index in [-0.39, 0.29) is 63.0 Å². The lowest BCUT2D eigenvalue weighted by Gasteiger charge is -2.12. The van der Waals surface area contributed by atoms with Crippen molar-refractivity contribution in [3.8, 4) is 5.75 Å². The topological polar surface area (TPSA) is 476 Å². The molecule has 0 radical (unpaired) electrons. The molecule has 0 amide bonds. The number of fused-ring (bicyclic) bond motifs is 5. The van der Waals surface area contributed by atoms with Gasteiger partial charge in [-0.05, 0) is 159 Å². The van der Waals surface area contributed by atoms with E-state index in [1.54, 1.807) is 51.1 Å². The highest BCUT2D eigenvalue weighted by Gasteiger charge is 2.28. The molecule has 0 unspecified atom stereocenters. The summed E-state index contributed by atoms with van der Waals surface area (Å²) in [4.78, 5) is -4.26. The fourth-order valence-corrected chi connectivity index (χ4v) is 12.8. The summed E-state index contributed by atoms with van der Waals surface area (Å²) in [6.45, 7) is 9.02. The van der Waals surface area contributed by atoms with E-state index in [4.69, 9.17) is 0 Å². The molecule has 30 nitrogen and oxygen atoms in total. The Kier molecular flexibility index (Phi) is 17.4. The number of phenolic OH excluding ortho intramolecular Hbond substituents is 1. The predicted octanol–water partition coefficient (Wildman–Crippen LogP) is 11.4. The van der Waals surface area contributed by atoms with Crippen LogP contribution in [0, 0.1) is 13.8 Å². The van der Waals surface area contributed by atoms with E-state index < -0.39 is 118 Å². The minimum atomic E-state index is -5.16. The number of nitrogens with zero attached hydrogens (tertiary/aromatic N) is 11. The molecule has 9 rings (SSSR count). The van der Waals surface area contributed by atoms with Gasteiger partial charge in [0.2, 0.25) is 0 Å². The lowest BCUT2D eigenvalue weighted by molar-refractivity contribution is 0.466. The summed E-state index contributed by atoms with van der Waals surface area (Å²) >= 11 is 0. The van der Waals surface area contributed by atoms with Crippen molar-refractivity contribution in [2.45, 2.75) is 56.6 Å². The quantitative estimate of drug-likeness (QED) is 0.0238. The van der Waals surface area contributed by atoms with Crippen molar-refractivity contribution in [1.29, 1.82) is 0 Å². The molecular formula is C53H43N11O19S6. The maximum absolute atomic E-state index is 12.8. The summed E-state index contributed by atoms with van der Waals surface area (Å²) in [5.41, 5.74) is 2.44. The smallest absolute Gasteiger partial charge is 0.296 e. The average Bonchev–Trinajstić information content (AvgIpc) is 1.76. The zero-order chi connectivity index (χ0) is 64.9. The Morgan fingerprint density at radius 3 is 1.74 bits per heavy atom. The Morgan fingerprint density at radius 1 is 0.573 bits per heavy atom. The molecule has 1 aliphatic rings. The van der Waals surface area contributed by atoms with E-state index in [2.05, 4.69) is 57.7 Å². The Morgan fingerprint density at radius 2 is 1.15 bits per heavy atom. The molecule has 1 heterocycles. The van der Waals surface area contributed by atoms with Crippen LogP contribution in [0.3, 0.4) is 0 Å². The van der Waals surface area contributed by atoms with Gasteiger partial charge in [0.1, 0.15) is 42.0 Å². The van der Waals surface area contributed by atoms with Crippen molar-refractivity contribution in [2.75, 3.05) is 6.54 Å². The second-order valence-corrected chi connectivity index (χ2v) is 27.7. The number of phenols is 1. The summed E-state index contributed by atoms with van der Waals surface area (Å²) in [5, 5.41) is 52.5. The van der Waals surface area contributed by atoms with Gasteiger partial charge in [0.25, 0.3) is 60.7 Å². The molecule has 0 spiro atoms. The van der Waals surface area contributed by atoms with E-state index in [1.807, 2.05) is 0 Å². The minimum Gasteiger partial charge on any atom is -0.505 e. The van der Waals surface area contributed by atoms with Gasteiger partial charge in [-0.25, -0.2) is 0 Å². The van der Waals surface area contributed by atoms with Crippen LogP contribution in [0.4, 0.5) is 34.1 Å². The second-order valence-electron chi connectivity index (χ2n) is 19.3. The first kappa shape index (κ1) is 64.3. The van der Waals surface area contributed by atoms with E-state index in [0.717, 1.165) is 29.1 Å². The fourth-order valence-electron chi connectivity index (χ4n) is 8.77. The van der Waals surface area contributed by atoms with Crippen molar-refractivity contribution >= 4 is 139 Å². The van der Waals surface area contributed by atoms with Crippen molar-refractivity contribution in [2.24, 2.45) is 40.9 Å². The van der Waals surface area contributed by atoms with E-state index in [9.17, 15) is 82.9 Å². The highest BCUT2D eigenvalue weighted by Crippen LogP contribution is 2.43. The number of azo groups is 4. The van der Waals surface area contributed by atoms with Crippen LogP contribution in [0.15, 0.2) is 210 Å². The largest absolute Gasteiger partial charge is 0.505 e. The molecular weight excluding hydrogens is 1290 g/mol. The van der Waals surface area contributed by atoms with Gasteiger partial charge >= 0.3 is 0 Å². The Hall–Kier alpha value is -9.18. The summed E-state index contributed by atoms with van der Waals surface area (Å²) < 4.78 is 206. The number of allylic oxidation sites excluding steroid dienone is 6. The van der Waals surface area contributed by atoms with Crippen LogP contribution in [0.1, 0.15) is 29.2 Å². The van der Waals surface area contributed by atoms with Crippen LogP contribution in [0.2, 0.25) is 0 Å². The first-order valence-electron chi connectivity index (χ1n) is 24.9. The van der Waals surface area contributed by atoms with Crippen molar-refractivity contribution in [3.05, 3.63) is 161 Å². The minimum absolute atomic E-state index is 0.0339. The Labute approximate surface area is 505 Å². The number of hydrogen-bond donors (Lipinski definition) is 7. The number of benzene rings is 7. The summed E-state index contributed by atoms with van der Waals surface area (Å²) in [7, 11) is -30.3. The molecule has 1 aliphatic carbocycles. The van der Waals surface area contributed by atoms with Gasteiger partial charge in [0.05, 0.1) is 50.5 Å². The molecule has 0 saturated heterocycles. The van der Waals surface area contributed by atoms with Gasteiger partial charge in [-0.3, -0.25) is 27.3 Å². The summed E-state index contributed by atoms with van der Waals surface area (Å²) in [6.07, 6.45) is 9.15. The van der Waals surface area contributed by atoms with Crippen LogP contribution < -0.4 is 0 Å². The third-order valence-corrected chi connectivity index (χ3v) is 18.1. The summed E-state index contributed by atoms with van der Waals surface area (Å²) in [5.74, 6) is -0.677. The summed E-state index contributed by atoms with van der Waals surface area (Å²) in [6, 6.07) is 16.9. The molecule has 0 fully saturated rings. The third kappa shape index (κ3) is 14.5. The molecule has 460 valence electrons. The zero-order valence-electron chi connectivity index (χ0n) is 45.6. The number of aryl methyl sites for hydroxylation is 2. The predicted molar refractivity (Wildman–Crippen MR) is 320 cm³/mol. The lowest BCUT2D eigenvalue weighted by atomic mass is 10.0. The van der Waals surface area contributed by atoms with Gasteiger partial charge in [-0.15, -0.1) is 20.4 Å². The molecule has 7 aromatic carbocycles. The Bertz CT molecular complexity index is 5370. The molecule has 7 N–H and O–H groups in total. The van der Waals surface area contributed by atoms with Crippen molar-refractivity contribution in [1.82, 2.24) is 15.0 Å². The molecule has 0 saturated carbocycles. The van der Waals surface area contributed by atoms with Gasteiger partial charge in [0.15, 0.2) is 5.75 Å². The SMILES string of the molecule is C=C(C)/C=C(\C=C/CN=Nc1ccc(N=Nc2cc3c(S(=O)(=O)O)cc(S(=O)(=O)O)cc3cc2S(=O)(=O)O)cc1)N=Nc1cc(C)c(N=Nc2c(S(=O)(=O)O)cc3c(c2O)C=CC(n2nc4ccc5c(S(=O)(=O)O)cc(S(=O)(=O)O)cc5c4n2)=CC3)cc1C. The van der Waals surface area contributed by atoms with E-state index in [0.29, 0.717) is 52.0 Å². The molecule has 89 heavy (non-hydrogen) atoms. The Balaban J connectivity index is 0.893. The normalized spacial score (nSPS) is 14.2. The molecule has 0 bridgehead atoms. The fraction of sp³-hybridized carbons (Fsp3) is 0.0943.